The molecule has 0 spiro atoms. The van der Waals surface area contributed by atoms with Crippen molar-refractivity contribution < 1.29 is 44.3 Å². The summed E-state index contributed by atoms with van der Waals surface area (Å²) in [5.41, 5.74) is -0.0996. The third kappa shape index (κ3) is 4.13. The predicted molar refractivity (Wildman–Crippen MR) is 80.7 cm³/mol. The van der Waals surface area contributed by atoms with Crippen molar-refractivity contribution >= 4 is 17.9 Å². The van der Waals surface area contributed by atoms with Gasteiger partial charge in [-0.3, -0.25) is 9.59 Å². The monoisotopic (exact) mass is 354 g/mol. The second-order valence-electron chi connectivity index (χ2n) is 5.69. The number of aliphatic hydroxyl groups excluding tert-OH is 3. The van der Waals surface area contributed by atoms with E-state index in [1.165, 1.54) is 24.3 Å². The second kappa shape index (κ2) is 7.60. The molecule has 1 fully saturated rings. The normalized spacial score (nSPS) is 28.9. The smallest absolute Gasteiger partial charge is 0.342 e. The van der Waals surface area contributed by atoms with E-state index in [-0.39, 0.29) is 17.7 Å². The van der Waals surface area contributed by atoms with Crippen LogP contribution in [0.25, 0.3) is 0 Å². The molecule has 3 unspecified atom stereocenters. The number of ether oxygens (including phenoxy) is 2. The first-order valence-corrected chi connectivity index (χ1v) is 7.47. The van der Waals surface area contributed by atoms with Crippen molar-refractivity contribution in [1.82, 2.24) is 0 Å². The first kappa shape index (κ1) is 18.8. The van der Waals surface area contributed by atoms with Gasteiger partial charge < -0.3 is 29.9 Å². The molecule has 0 bridgehead atoms. The van der Waals surface area contributed by atoms with Gasteiger partial charge in [-0.15, -0.1) is 0 Å². The molecule has 1 aliphatic rings. The van der Waals surface area contributed by atoms with Crippen molar-refractivity contribution in [3.8, 4) is 5.75 Å². The number of carbonyl (C=O) groups is 3. The van der Waals surface area contributed by atoms with Gasteiger partial charge >= 0.3 is 17.9 Å². The third-order valence-electron chi connectivity index (χ3n) is 3.92. The van der Waals surface area contributed by atoms with Crippen LogP contribution in [0.3, 0.4) is 0 Å². The highest BCUT2D eigenvalue weighted by atomic mass is 16.6. The fourth-order valence-electron chi connectivity index (χ4n) is 2.63. The first-order chi connectivity index (χ1) is 11.7. The van der Waals surface area contributed by atoms with Gasteiger partial charge in [0.15, 0.2) is 0 Å². The minimum absolute atomic E-state index is 0.0549. The van der Waals surface area contributed by atoms with Crippen LogP contribution < -0.4 is 4.74 Å². The van der Waals surface area contributed by atoms with Crippen LogP contribution in [0.5, 0.6) is 5.75 Å². The third-order valence-corrected chi connectivity index (χ3v) is 3.92. The topological polar surface area (TPSA) is 151 Å². The lowest BCUT2D eigenvalue weighted by atomic mass is 9.81. The average molecular weight is 354 g/mol. The molecule has 0 aliphatic heterocycles. The van der Waals surface area contributed by atoms with Crippen molar-refractivity contribution in [2.24, 2.45) is 5.92 Å². The number of esters is 2. The van der Waals surface area contributed by atoms with Crippen molar-refractivity contribution in [3.63, 3.8) is 0 Å². The summed E-state index contributed by atoms with van der Waals surface area (Å²) < 4.78 is 9.99. The zero-order valence-electron chi connectivity index (χ0n) is 13.2. The van der Waals surface area contributed by atoms with E-state index in [4.69, 9.17) is 14.6 Å². The van der Waals surface area contributed by atoms with E-state index in [1.807, 2.05) is 0 Å². The summed E-state index contributed by atoms with van der Waals surface area (Å²) in [6.07, 6.45) is -6.85. The molecule has 9 heteroatoms. The van der Waals surface area contributed by atoms with Crippen LogP contribution in [0.1, 0.15) is 23.7 Å². The summed E-state index contributed by atoms with van der Waals surface area (Å²) in [5.74, 6) is -4.46. The molecule has 5 atom stereocenters. The number of carboxylic acid groups (broad SMARTS) is 1. The molecule has 0 radical (unpaired) electrons. The number of carbonyl (C=O) groups excluding carboxylic acids is 2. The fraction of sp³-hybridized carbons (Fsp3) is 0.438. The molecule has 0 aromatic heterocycles. The highest BCUT2D eigenvalue weighted by Crippen LogP contribution is 2.29. The number of aliphatic carboxylic acids is 1. The molecule has 1 aromatic rings. The SMILES string of the molecule is CC(=O)Oc1ccccc1C(=O)O[C@@H]1CC(C(=O)O)C(O)[C@@H](O)C1O. The van der Waals surface area contributed by atoms with Crippen molar-refractivity contribution in [2.75, 3.05) is 0 Å². The van der Waals surface area contributed by atoms with Crippen LogP contribution in [0.4, 0.5) is 0 Å². The van der Waals surface area contributed by atoms with Crippen LogP contribution in [0.15, 0.2) is 24.3 Å². The Morgan fingerprint density at radius 2 is 1.68 bits per heavy atom. The minimum Gasteiger partial charge on any atom is -0.481 e. The zero-order valence-corrected chi connectivity index (χ0v) is 13.2. The lowest BCUT2D eigenvalue weighted by molar-refractivity contribution is -0.178. The Labute approximate surface area is 142 Å². The molecule has 9 nitrogen and oxygen atoms in total. The Morgan fingerprint density at radius 1 is 1.04 bits per heavy atom. The Balaban J connectivity index is 2.19. The quantitative estimate of drug-likeness (QED) is 0.407. The molecule has 1 saturated carbocycles. The Hall–Kier alpha value is -2.49. The van der Waals surface area contributed by atoms with Gasteiger partial charge in [0.05, 0.1) is 12.0 Å². The van der Waals surface area contributed by atoms with E-state index in [0.29, 0.717) is 0 Å². The minimum atomic E-state index is -1.78. The zero-order chi connectivity index (χ0) is 18.7. The number of aliphatic hydroxyl groups is 3. The fourth-order valence-corrected chi connectivity index (χ4v) is 2.63. The van der Waals surface area contributed by atoms with Gasteiger partial charge in [0.1, 0.15) is 29.6 Å². The highest BCUT2D eigenvalue weighted by molar-refractivity contribution is 5.93. The number of hydrogen-bond donors (Lipinski definition) is 4. The number of rotatable bonds is 4. The van der Waals surface area contributed by atoms with Crippen LogP contribution in [0.2, 0.25) is 0 Å². The van der Waals surface area contributed by atoms with Gasteiger partial charge in [0.25, 0.3) is 0 Å². The van der Waals surface area contributed by atoms with Crippen molar-refractivity contribution in [1.29, 1.82) is 0 Å². The Kier molecular flexibility index (Phi) is 5.73. The molecule has 25 heavy (non-hydrogen) atoms. The van der Waals surface area contributed by atoms with E-state index in [1.54, 1.807) is 0 Å². The lowest BCUT2D eigenvalue weighted by Gasteiger charge is -2.38. The van der Waals surface area contributed by atoms with Crippen molar-refractivity contribution in [2.45, 2.75) is 37.8 Å². The number of para-hydroxylation sites is 1. The molecule has 0 saturated heterocycles. The molecule has 1 aliphatic carbocycles. The van der Waals surface area contributed by atoms with Gasteiger partial charge in [0.2, 0.25) is 0 Å². The van der Waals surface area contributed by atoms with Gasteiger partial charge in [0, 0.05) is 13.3 Å². The lowest BCUT2D eigenvalue weighted by Crippen LogP contribution is -2.56. The summed E-state index contributed by atoms with van der Waals surface area (Å²) >= 11 is 0. The van der Waals surface area contributed by atoms with Crippen LogP contribution in [-0.4, -0.2) is 62.7 Å². The van der Waals surface area contributed by atoms with Gasteiger partial charge in [-0.05, 0) is 12.1 Å². The molecule has 2 rings (SSSR count). The number of hydrogen-bond acceptors (Lipinski definition) is 8. The number of carboxylic acids is 1. The Bertz CT molecular complexity index is 671. The first-order valence-electron chi connectivity index (χ1n) is 7.47. The summed E-state index contributed by atoms with van der Waals surface area (Å²) in [5, 5.41) is 38.5. The maximum absolute atomic E-state index is 12.3. The molecular formula is C16H18O9. The van der Waals surface area contributed by atoms with Crippen LogP contribution in [0, 0.1) is 5.92 Å². The van der Waals surface area contributed by atoms with E-state index >= 15 is 0 Å². The van der Waals surface area contributed by atoms with E-state index in [2.05, 4.69) is 0 Å². The van der Waals surface area contributed by atoms with Crippen LogP contribution in [-0.2, 0) is 14.3 Å². The number of benzene rings is 1. The van der Waals surface area contributed by atoms with Crippen molar-refractivity contribution in [3.05, 3.63) is 29.8 Å². The highest BCUT2D eigenvalue weighted by Gasteiger charge is 2.47. The maximum Gasteiger partial charge on any atom is 0.342 e. The summed E-state index contributed by atoms with van der Waals surface area (Å²) in [4.78, 5) is 34.5. The van der Waals surface area contributed by atoms with E-state index in [9.17, 15) is 29.7 Å². The standard InChI is InChI=1S/C16H18O9/c1-7(17)24-10-5-3-2-4-8(10)16(23)25-11-6-9(15(21)22)12(18)14(20)13(11)19/h2-5,9,11-14,18-20H,6H2,1H3,(H,21,22)/t9?,11-,12?,13?,14-/m1/s1. The molecular weight excluding hydrogens is 336 g/mol. The summed E-state index contributed by atoms with van der Waals surface area (Å²) in [6.45, 7) is 1.15. The molecule has 0 heterocycles. The van der Waals surface area contributed by atoms with E-state index in [0.717, 1.165) is 6.92 Å². The Morgan fingerprint density at radius 3 is 2.28 bits per heavy atom. The van der Waals surface area contributed by atoms with Gasteiger partial charge in [-0.2, -0.15) is 0 Å². The van der Waals surface area contributed by atoms with Gasteiger partial charge in [-0.1, -0.05) is 12.1 Å². The predicted octanol–water partition coefficient (Wildman–Crippen LogP) is -0.676. The van der Waals surface area contributed by atoms with E-state index < -0.39 is 48.2 Å². The maximum atomic E-state index is 12.3. The molecule has 0 amide bonds. The molecule has 136 valence electrons. The largest absolute Gasteiger partial charge is 0.481 e. The van der Waals surface area contributed by atoms with Crippen LogP contribution >= 0.6 is 0 Å². The average Bonchev–Trinajstić information content (AvgIpc) is 2.54. The van der Waals surface area contributed by atoms with Gasteiger partial charge in [-0.25, -0.2) is 4.79 Å². The molecule has 1 aromatic carbocycles. The summed E-state index contributed by atoms with van der Waals surface area (Å²) in [6, 6.07) is 5.73. The second-order valence-corrected chi connectivity index (χ2v) is 5.69. The summed E-state index contributed by atoms with van der Waals surface area (Å²) in [7, 11) is 0. The molecule has 4 N–H and O–H groups in total.